The summed E-state index contributed by atoms with van der Waals surface area (Å²) in [5.41, 5.74) is 2.78. The summed E-state index contributed by atoms with van der Waals surface area (Å²) in [4.78, 5) is 4.07. The van der Waals surface area contributed by atoms with E-state index >= 15 is 0 Å². The first-order valence-corrected chi connectivity index (χ1v) is 6.35. The zero-order valence-corrected chi connectivity index (χ0v) is 11.4. The van der Waals surface area contributed by atoms with Gasteiger partial charge in [0.25, 0.3) is 0 Å². The van der Waals surface area contributed by atoms with Crippen molar-refractivity contribution in [3.8, 4) is 0 Å². The largest absolute Gasteiger partial charge is 0.388 e. The Balaban J connectivity index is 2.16. The number of hydrogen-bond acceptors (Lipinski definition) is 2. The maximum atomic E-state index is 10.1. The highest BCUT2D eigenvalue weighted by atomic mass is 35.5. The minimum Gasteiger partial charge on any atom is -0.388 e. The van der Waals surface area contributed by atoms with Crippen LogP contribution in [-0.4, -0.2) is 10.1 Å². The molecule has 18 heavy (non-hydrogen) atoms. The number of rotatable bonds is 3. The topological polar surface area (TPSA) is 33.1 Å². The highest BCUT2D eigenvalue weighted by molar-refractivity contribution is 6.42. The quantitative estimate of drug-likeness (QED) is 0.923. The minimum atomic E-state index is -0.588. The van der Waals surface area contributed by atoms with Crippen LogP contribution in [-0.2, 0) is 6.42 Å². The summed E-state index contributed by atoms with van der Waals surface area (Å²) >= 11 is 11.8. The molecule has 1 N–H and O–H groups in total. The van der Waals surface area contributed by atoms with Crippen LogP contribution in [0.4, 0.5) is 0 Å². The Morgan fingerprint density at radius 3 is 2.61 bits per heavy atom. The summed E-state index contributed by atoms with van der Waals surface area (Å²) < 4.78 is 0. The maximum absolute atomic E-state index is 10.1. The van der Waals surface area contributed by atoms with Crippen molar-refractivity contribution in [2.75, 3.05) is 0 Å². The Kier molecular flexibility index (Phi) is 4.23. The normalized spacial score (nSPS) is 12.4. The number of aromatic nitrogens is 1. The standard InChI is InChI=1S/C14H13Cl2NO/c1-9-4-11(8-17-7-9)14(18)6-10-2-3-12(15)13(16)5-10/h2-5,7-8,14,18H,6H2,1H3. The van der Waals surface area contributed by atoms with Crippen molar-refractivity contribution < 1.29 is 5.11 Å². The number of aliphatic hydroxyl groups is 1. The van der Waals surface area contributed by atoms with Gasteiger partial charge in [-0.15, -0.1) is 0 Å². The van der Waals surface area contributed by atoms with E-state index in [0.29, 0.717) is 16.5 Å². The average molecular weight is 282 g/mol. The van der Waals surface area contributed by atoms with Crippen molar-refractivity contribution in [3.05, 3.63) is 63.4 Å². The SMILES string of the molecule is Cc1cncc(C(O)Cc2ccc(Cl)c(Cl)c2)c1. The molecule has 1 heterocycles. The fourth-order valence-electron chi connectivity index (χ4n) is 1.77. The molecule has 2 aromatic rings. The molecule has 1 aromatic carbocycles. The van der Waals surface area contributed by atoms with Crippen molar-refractivity contribution in [2.24, 2.45) is 0 Å². The van der Waals surface area contributed by atoms with E-state index in [1.807, 2.05) is 19.1 Å². The van der Waals surface area contributed by atoms with Gasteiger partial charge in [0, 0.05) is 18.8 Å². The monoisotopic (exact) mass is 281 g/mol. The van der Waals surface area contributed by atoms with Crippen molar-refractivity contribution in [2.45, 2.75) is 19.4 Å². The van der Waals surface area contributed by atoms with E-state index in [4.69, 9.17) is 23.2 Å². The minimum absolute atomic E-state index is 0.488. The van der Waals surface area contributed by atoms with Gasteiger partial charge in [0.1, 0.15) is 0 Å². The molecule has 1 atom stereocenters. The van der Waals surface area contributed by atoms with E-state index in [1.54, 1.807) is 24.5 Å². The van der Waals surface area contributed by atoms with Crippen molar-refractivity contribution in [3.63, 3.8) is 0 Å². The smallest absolute Gasteiger partial charge is 0.0845 e. The Bertz CT molecular complexity index is 557. The van der Waals surface area contributed by atoms with Gasteiger partial charge in [-0.05, 0) is 35.7 Å². The number of benzene rings is 1. The fourth-order valence-corrected chi connectivity index (χ4v) is 2.09. The molecule has 0 bridgehead atoms. The lowest BCUT2D eigenvalue weighted by molar-refractivity contribution is 0.178. The van der Waals surface area contributed by atoms with Gasteiger partial charge >= 0.3 is 0 Å². The van der Waals surface area contributed by atoms with E-state index in [1.165, 1.54) is 0 Å². The summed E-state index contributed by atoms with van der Waals surface area (Å²) in [5, 5.41) is 11.2. The van der Waals surface area contributed by atoms with Crippen molar-refractivity contribution in [1.82, 2.24) is 4.98 Å². The van der Waals surface area contributed by atoms with Crippen LogP contribution in [0.3, 0.4) is 0 Å². The maximum Gasteiger partial charge on any atom is 0.0845 e. The first-order chi connectivity index (χ1) is 8.56. The first-order valence-electron chi connectivity index (χ1n) is 5.60. The molecule has 0 aliphatic heterocycles. The third-order valence-electron chi connectivity index (χ3n) is 2.69. The van der Waals surface area contributed by atoms with Crippen molar-refractivity contribution >= 4 is 23.2 Å². The first kappa shape index (κ1) is 13.3. The zero-order valence-electron chi connectivity index (χ0n) is 9.90. The van der Waals surface area contributed by atoms with Gasteiger partial charge in [0.05, 0.1) is 16.1 Å². The van der Waals surface area contributed by atoms with Crippen LogP contribution in [0.2, 0.25) is 10.0 Å². The average Bonchev–Trinajstić information content (AvgIpc) is 2.34. The molecule has 0 saturated carbocycles. The third kappa shape index (κ3) is 3.22. The molecule has 0 aliphatic rings. The predicted octanol–water partition coefficient (Wildman–Crippen LogP) is 3.97. The second-order valence-electron chi connectivity index (χ2n) is 4.26. The third-order valence-corrected chi connectivity index (χ3v) is 3.43. The lowest BCUT2D eigenvalue weighted by Crippen LogP contribution is -2.02. The molecule has 4 heteroatoms. The molecule has 0 spiro atoms. The molecule has 2 rings (SSSR count). The lowest BCUT2D eigenvalue weighted by atomic mass is 10.0. The Labute approximate surface area is 116 Å². The molecule has 0 fully saturated rings. The van der Waals surface area contributed by atoms with Gasteiger partial charge in [-0.2, -0.15) is 0 Å². The lowest BCUT2D eigenvalue weighted by Gasteiger charge is -2.11. The molecule has 94 valence electrons. The van der Waals surface area contributed by atoms with Gasteiger partial charge in [0.15, 0.2) is 0 Å². The molecule has 0 saturated heterocycles. The Morgan fingerprint density at radius 2 is 1.94 bits per heavy atom. The number of halogens is 2. The Morgan fingerprint density at radius 1 is 1.17 bits per heavy atom. The van der Waals surface area contributed by atoms with Crippen LogP contribution in [0.25, 0.3) is 0 Å². The molecular formula is C14H13Cl2NO. The van der Waals surface area contributed by atoms with E-state index in [2.05, 4.69) is 4.98 Å². The summed E-state index contributed by atoms with van der Waals surface area (Å²) in [6, 6.07) is 7.30. The Hall–Kier alpha value is -1.09. The zero-order chi connectivity index (χ0) is 13.1. The van der Waals surface area contributed by atoms with E-state index in [0.717, 1.165) is 16.7 Å². The second kappa shape index (κ2) is 5.70. The molecule has 2 nitrogen and oxygen atoms in total. The second-order valence-corrected chi connectivity index (χ2v) is 5.08. The van der Waals surface area contributed by atoms with Gasteiger partial charge in [-0.1, -0.05) is 35.3 Å². The van der Waals surface area contributed by atoms with Crippen LogP contribution in [0.5, 0.6) is 0 Å². The van der Waals surface area contributed by atoms with Gasteiger partial charge in [-0.25, -0.2) is 0 Å². The summed E-state index contributed by atoms with van der Waals surface area (Å²) in [6.45, 7) is 1.95. The van der Waals surface area contributed by atoms with Gasteiger partial charge in [-0.3, -0.25) is 4.98 Å². The summed E-state index contributed by atoms with van der Waals surface area (Å²) in [5.74, 6) is 0. The van der Waals surface area contributed by atoms with Gasteiger partial charge < -0.3 is 5.11 Å². The summed E-state index contributed by atoms with van der Waals surface area (Å²) in [6.07, 6.45) is 3.33. The number of nitrogens with zero attached hydrogens (tertiary/aromatic N) is 1. The van der Waals surface area contributed by atoms with Crippen LogP contribution in [0.1, 0.15) is 22.8 Å². The highest BCUT2D eigenvalue weighted by Crippen LogP contribution is 2.25. The van der Waals surface area contributed by atoms with E-state index in [-0.39, 0.29) is 0 Å². The van der Waals surface area contributed by atoms with Crippen molar-refractivity contribution in [1.29, 1.82) is 0 Å². The van der Waals surface area contributed by atoms with E-state index < -0.39 is 6.10 Å². The number of aliphatic hydroxyl groups excluding tert-OH is 1. The van der Waals surface area contributed by atoms with Gasteiger partial charge in [0.2, 0.25) is 0 Å². The fraction of sp³-hybridized carbons (Fsp3) is 0.214. The number of pyridine rings is 1. The molecule has 1 unspecified atom stereocenters. The highest BCUT2D eigenvalue weighted by Gasteiger charge is 2.10. The molecule has 1 aromatic heterocycles. The summed E-state index contributed by atoms with van der Waals surface area (Å²) in [7, 11) is 0. The molecule has 0 radical (unpaired) electrons. The molecular weight excluding hydrogens is 269 g/mol. The van der Waals surface area contributed by atoms with Crippen LogP contribution in [0, 0.1) is 6.92 Å². The number of aryl methyl sites for hydroxylation is 1. The molecule has 0 aliphatic carbocycles. The van der Waals surface area contributed by atoms with Crippen LogP contribution >= 0.6 is 23.2 Å². The van der Waals surface area contributed by atoms with E-state index in [9.17, 15) is 5.11 Å². The number of hydrogen-bond donors (Lipinski definition) is 1. The molecule has 0 amide bonds. The van der Waals surface area contributed by atoms with Crippen LogP contribution in [0.15, 0.2) is 36.7 Å². The predicted molar refractivity (Wildman–Crippen MR) is 74.1 cm³/mol. The van der Waals surface area contributed by atoms with Crippen LogP contribution < -0.4 is 0 Å².